The van der Waals surface area contributed by atoms with Crippen molar-refractivity contribution in [1.82, 2.24) is 4.98 Å². The van der Waals surface area contributed by atoms with Crippen LogP contribution >= 0.6 is 12.4 Å². The van der Waals surface area contributed by atoms with Gasteiger partial charge in [-0.3, -0.25) is 9.54 Å². The number of nitrogens with zero attached hydrogens (tertiary/aromatic N) is 1. The van der Waals surface area contributed by atoms with Crippen LogP contribution in [0.5, 0.6) is 0 Å². The molecule has 4 N–H and O–H groups in total. The Bertz CT molecular complexity index is 938. The SMILES string of the molecule is CC(=O)Nc1ccccc1[As](=O)(O)OO.Cc1ccncc1S(=O)(=O)O.Cl. The van der Waals surface area contributed by atoms with Crippen molar-refractivity contribution in [2.24, 2.45) is 0 Å². The molecule has 1 amide bonds. The fourth-order valence-electron chi connectivity index (χ4n) is 1.78. The number of halogens is 1. The van der Waals surface area contributed by atoms with Crippen LogP contribution in [0.1, 0.15) is 12.5 Å². The number of para-hydroxylation sites is 1. The van der Waals surface area contributed by atoms with Crippen LogP contribution in [0.3, 0.4) is 0 Å². The minimum Gasteiger partial charge on any atom is -0.282 e. The molecule has 1 aromatic heterocycles. The zero-order valence-corrected chi connectivity index (χ0v) is 17.6. The number of aryl methyl sites for hydroxylation is 1. The molecule has 0 fully saturated rings. The monoisotopic (exact) mass is 484 g/mol. The number of nitrogens with one attached hydrogen (secondary N) is 1. The van der Waals surface area contributed by atoms with Gasteiger partial charge < -0.3 is 0 Å². The molecule has 0 aliphatic carbocycles. The number of benzene rings is 1. The van der Waals surface area contributed by atoms with Crippen molar-refractivity contribution < 1.29 is 34.7 Å². The Morgan fingerprint density at radius 3 is 2.30 bits per heavy atom. The number of carbonyl (C=O) groups excluding carboxylic acids is 1. The van der Waals surface area contributed by atoms with Crippen molar-refractivity contribution in [3.63, 3.8) is 0 Å². The minimum absolute atomic E-state index is 0. The van der Waals surface area contributed by atoms with E-state index in [4.69, 9.17) is 9.81 Å². The van der Waals surface area contributed by atoms with E-state index < -0.39 is 24.3 Å². The first-order valence-corrected chi connectivity index (χ1v) is 11.6. The van der Waals surface area contributed by atoms with E-state index in [0.29, 0.717) is 5.56 Å². The molecule has 1 unspecified atom stereocenters. The summed E-state index contributed by atoms with van der Waals surface area (Å²) in [5, 5.41) is 10.7. The molecular weight excluding hydrogens is 467 g/mol. The molecule has 1 heterocycles. The molecule has 0 radical (unpaired) electrons. The van der Waals surface area contributed by atoms with Gasteiger partial charge in [-0.15, -0.1) is 12.4 Å². The number of hydrogen-bond acceptors (Lipinski definition) is 7. The standard InChI is InChI=1S/C8H10AsNO5.C6H7NO3S.ClH/c1-6(11)10-8-5-3-2-4-7(8)9(12,13)15-14;1-5-2-3-7-4-6(5)11(8,9)10;/h2-5,14H,1H3,(H,10,11)(H,12,13);2-4H,1H3,(H,8,9,10);1H. The average Bonchev–Trinajstić information content (AvgIpc) is 2.54. The summed E-state index contributed by atoms with van der Waals surface area (Å²) >= 11 is -4.92. The van der Waals surface area contributed by atoms with Crippen LogP contribution in [0.15, 0.2) is 47.6 Å². The predicted molar refractivity (Wildman–Crippen MR) is 98.8 cm³/mol. The number of rotatable bonds is 4. The van der Waals surface area contributed by atoms with E-state index in [1.54, 1.807) is 13.0 Å². The second kappa shape index (κ2) is 10.6. The molecule has 2 rings (SSSR count). The van der Waals surface area contributed by atoms with Gasteiger partial charge in [-0.1, -0.05) is 0 Å². The van der Waals surface area contributed by atoms with Crippen LogP contribution in [0.2, 0.25) is 0 Å². The van der Waals surface area contributed by atoms with Crippen molar-refractivity contribution in [3.05, 3.63) is 48.3 Å². The molecule has 13 heteroatoms. The summed E-state index contributed by atoms with van der Waals surface area (Å²) in [6, 6.07) is 7.36. The van der Waals surface area contributed by atoms with Gasteiger partial charge in [-0.25, -0.2) is 0 Å². The predicted octanol–water partition coefficient (Wildman–Crippen LogP) is 0.762. The van der Waals surface area contributed by atoms with E-state index in [0.717, 1.165) is 6.20 Å². The van der Waals surface area contributed by atoms with Gasteiger partial charge >= 0.3 is 88.4 Å². The van der Waals surface area contributed by atoms with E-state index in [9.17, 15) is 21.0 Å². The smallest absolute Gasteiger partial charge is 0.282 e. The largest absolute Gasteiger partial charge is 0.296 e. The van der Waals surface area contributed by atoms with Crippen molar-refractivity contribution in [1.29, 1.82) is 0 Å². The molecule has 2 aromatic rings. The Balaban J connectivity index is 0.000000504. The third-order valence-corrected chi connectivity index (χ3v) is 6.44. The Hall–Kier alpha value is -1.72. The third-order valence-electron chi connectivity index (χ3n) is 2.90. The van der Waals surface area contributed by atoms with Gasteiger partial charge in [-0.05, 0) is 18.6 Å². The van der Waals surface area contributed by atoms with Gasteiger partial charge in [0.1, 0.15) is 4.90 Å². The number of hydrogen-bond donors (Lipinski definition) is 4. The van der Waals surface area contributed by atoms with Gasteiger partial charge in [0.25, 0.3) is 10.1 Å². The van der Waals surface area contributed by atoms with Gasteiger partial charge in [0, 0.05) is 12.4 Å². The number of amides is 1. The second-order valence-corrected chi connectivity index (χ2v) is 9.84. The summed E-state index contributed by atoms with van der Waals surface area (Å²) in [6.07, 6.45) is 2.58. The molecule has 27 heavy (non-hydrogen) atoms. The summed E-state index contributed by atoms with van der Waals surface area (Å²) in [5.74, 6) is -0.379. The molecule has 0 spiro atoms. The molecular formula is C14H18AsClN2O8S. The summed E-state index contributed by atoms with van der Waals surface area (Å²) in [5.41, 5.74) is 0.645. The van der Waals surface area contributed by atoms with Gasteiger partial charge in [0.05, 0.1) is 0 Å². The Morgan fingerprint density at radius 1 is 1.26 bits per heavy atom. The van der Waals surface area contributed by atoms with E-state index in [1.807, 2.05) is 0 Å². The molecule has 1 atom stereocenters. The van der Waals surface area contributed by atoms with Crippen molar-refractivity contribution in [2.75, 3.05) is 5.32 Å². The molecule has 0 bridgehead atoms. The number of anilines is 1. The minimum atomic E-state index is -4.92. The maximum Gasteiger partial charge on any atom is 0.296 e. The van der Waals surface area contributed by atoms with Crippen molar-refractivity contribution in [2.45, 2.75) is 18.7 Å². The van der Waals surface area contributed by atoms with Crippen LogP contribution in [-0.2, 0) is 22.5 Å². The second-order valence-electron chi connectivity index (χ2n) is 4.92. The molecule has 10 nitrogen and oxygen atoms in total. The van der Waals surface area contributed by atoms with E-state index in [-0.39, 0.29) is 33.2 Å². The van der Waals surface area contributed by atoms with E-state index >= 15 is 0 Å². The van der Waals surface area contributed by atoms with E-state index in [1.165, 1.54) is 37.4 Å². The summed E-state index contributed by atoms with van der Waals surface area (Å²) < 4.78 is 53.9. The molecule has 0 saturated heterocycles. The van der Waals surface area contributed by atoms with Crippen molar-refractivity contribution in [3.8, 4) is 0 Å². The van der Waals surface area contributed by atoms with Crippen LogP contribution in [-0.4, -0.2) is 47.4 Å². The van der Waals surface area contributed by atoms with Gasteiger partial charge in [0.2, 0.25) is 0 Å². The molecule has 0 aliphatic rings. The molecule has 150 valence electrons. The molecule has 0 aliphatic heterocycles. The number of carbonyl (C=O) groups is 1. The quantitative estimate of drug-likeness (QED) is 0.212. The maximum absolute atomic E-state index is 11.4. The third kappa shape index (κ3) is 7.81. The molecule has 1 aromatic carbocycles. The van der Waals surface area contributed by atoms with Crippen LogP contribution < -0.4 is 9.67 Å². The Morgan fingerprint density at radius 2 is 1.85 bits per heavy atom. The van der Waals surface area contributed by atoms with Gasteiger partial charge in [0.15, 0.2) is 0 Å². The topological polar surface area (TPSA) is 163 Å². The Kier molecular flexibility index (Phi) is 9.90. The zero-order valence-electron chi connectivity index (χ0n) is 14.1. The normalized spacial score (nSPS) is 12.6. The van der Waals surface area contributed by atoms with Gasteiger partial charge in [-0.2, -0.15) is 8.42 Å². The van der Waals surface area contributed by atoms with E-state index in [2.05, 4.69) is 14.2 Å². The summed E-state index contributed by atoms with van der Waals surface area (Å²) in [4.78, 5) is 14.2. The van der Waals surface area contributed by atoms with Crippen LogP contribution in [0.4, 0.5) is 5.69 Å². The zero-order chi connectivity index (χ0) is 20.0. The summed E-state index contributed by atoms with van der Waals surface area (Å²) in [7, 11) is -4.10. The van der Waals surface area contributed by atoms with Crippen molar-refractivity contribution >= 4 is 52.6 Å². The fraction of sp³-hybridized carbons (Fsp3) is 0.143. The number of aromatic nitrogens is 1. The van der Waals surface area contributed by atoms with Crippen LogP contribution in [0, 0.1) is 6.92 Å². The van der Waals surface area contributed by atoms with Crippen LogP contribution in [0.25, 0.3) is 0 Å². The fourth-order valence-corrected chi connectivity index (χ4v) is 4.12. The maximum atomic E-state index is 11.4. The average molecular weight is 485 g/mol. The summed E-state index contributed by atoms with van der Waals surface area (Å²) in [6.45, 7) is 2.86. The number of pyridine rings is 1. The first kappa shape index (κ1) is 25.3. The molecule has 0 saturated carbocycles. The first-order valence-electron chi connectivity index (χ1n) is 6.90. The Labute approximate surface area is 164 Å². The first-order chi connectivity index (χ1) is 12.0.